The fraction of sp³-hybridized carbons (Fsp3) is 0.500. The highest BCUT2D eigenvalue weighted by atomic mass is 32.1. The Labute approximate surface area is 187 Å². The topological polar surface area (TPSA) is 67.8 Å². The predicted octanol–water partition coefficient (Wildman–Crippen LogP) is 1.87. The van der Waals surface area contributed by atoms with Gasteiger partial charge in [-0.25, -0.2) is 0 Å². The number of likely N-dealkylation sites (N-methyl/N-ethyl adjacent to an activating group) is 2. The van der Waals surface area contributed by atoms with Gasteiger partial charge in [0, 0.05) is 36.3 Å². The molecule has 5 unspecified atom stereocenters. The zero-order valence-corrected chi connectivity index (χ0v) is 18.7. The van der Waals surface area contributed by atoms with Crippen LogP contribution in [0.25, 0.3) is 0 Å². The highest BCUT2D eigenvalue weighted by molar-refractivity contribution is 7.80. The molecular weight excluding hydrogens is 416 g/mol. The van der Waals surface area contributed by atoms with Crippen molar-refractivity contribution in [3.8, 4) is 0 Å². The second-order valence-electron chi connectivity index (χ2n) is 8.69. The second kappa shape index (κ2) is 7.37. The van der Waals surface area contributed by atoms with Crippen molar-refractivity contribution in [2.75, 3.05) is 19.0 Å². The maximum atomic E-state index is 12.5. The van der Waals surface area contributed by atoms with Crippen LogP contribution in [0, 0.1) is 11.8 Å². The van der Waals surface area contributed by atoms with E-state index in [0.29, 0.717) is 46.7 Å². The predicted molar refractivity (Wildman–Crippen MR) is 124 cm³/mol. The molecule has 1 saturated heterocycles. The Hall–Kier alpha value is -1.87. The first-order chi connectivity index (χ1) is 14.4. The van der Waals surface area contributed by atoms with Crippen LogP contribution >= 0.6 is 24.4 Å². The lowest BCUT2D eigenvalue weighted by Gasteiger charge is -2.37. The molecule has 2 heterocycles. The van der Waals surface area contributed by atoms with E-state index in [1.54, 1.807) is 4.90 Å². The lowest BCUT2D eigenvalue weighted by Crippen LogP contribution is -2.52. The Balaban J connectivity index is 1.42. The van der Waals surface area contributed by atoms with Crippen molar-refractivity contribution in [1.82, 2.24) is 15.5 Å². The standard InChI is InChI=1S/C22H26N4O2S2/c1-23-18-11-3-4-12(9-11)19(18)25(2)13-5-6-14-15(10-13)21(28)26(22(14)30)16-7-8-17(29)24-20(16)27/h3-6,10-12,16,18-19,21,23,28H,7-9H2,1-2H3,(H,24,27,29)/t11?,12?,16?,18-,19?,21?/m0/s1. The zero-order valence-electron chi connectivity index (χ0n) is 17.0. The van der Waals surface area contributed by atoms with Crippen LogP contribution in [0.5, 0.6) is 0 Å². The van der Waals surface area contributed by atoms with Crippen molar-refractivity contribution in [3.63, 3.8) is 0 Å². The van der Waals surface area contributed by atoms with Crippen molar-refractivity contribution < 1.29 is 9.90 Å². The summed E-state index contributed by atoms with van der Waals surface area (Å²) in [7, 11) is 4.15. The molecule has 2 fully saturated rings. The Morgan fingerprint density at radius 3 is 2.77 bits per heavy atom. The third-order valence-corrected chi connectivity index (χ3v) is 7.93. The van der Waals surface area contributed by atoms with Gasteiger partial charge in [-0.15, -0.1) is 0 Å². The quantitative estimate of drug-likeness (QED) is 0.486. The minimum atomic E-state index is -0.928. The molecule has 3 N–H and O–H groups in total. The summed E-state index contributed by atoms with van der Waals surface area (Å²) in [6, 6.07) is 6.36. The smallest absolute Gasteiger partial charge is 0.247 e. The van der Waals surface area contributed by atoms with Crippen molar-refractivity contribution in [1.29, 1.82) is 0 Å². The van der Waals surface area contributed by atoms with Gasteiger partial charge in [0.25, 0.3) is 0 Å². The van der Waals surface area contributed by atoms with Crippen LogP contribution in [0.1, 0.15) is 36.6 Å². The Morgan fingerprint density at radius 1 is 1.27 bits per heavy atom. The first-order valence-electron chi connectivity index (χ1n) is 10.5. The highest BCUT2D eigenvalue weighted by Gasteiger charge is 2.46. The first kappa shape index (κ1) is 20.1. The van der Waals surface area contributed by atoms with E-state index in [1.807, 2.05) is 19.2 Å². The van der Waals surface area contributed by atoms with E-state index in [-0.39, 0.29) is 5.91 Å². The number of rotatable bonds is 4. The molecule has 1 aromatic rings. The molecule has 30 heavy (non-hydrogen) atoms. The number of nitrogens with one attached hydrogen (secondary N) is 2. The van der Waals surface area contributed by atoms with Gasteiger partial charge in [0.1, 0.15) is 11.0 Å². The number of hydrogen-bond donors (Lipinski definition) is 3. The summed E-state index contributed by atoms with van der Waals surface area (Å²) >= 11 is 10.8. The van der Waals surface area contributed by atoms with Crippen LogP contribution in [0.2, 0.25) is 0 Å². The number of nitrogens with zero attached hydrogens (tertiary/aromatic N) is 2. The second-order valence-corrected chi connectivity index (χ2v) is 9.57. The number of anilines is 1. The summed E-state index contributed by atoms with van der Waals surface area (Å²) in [6.07, 6.45) is 6.10. The molecule has 1 saturated carbocycles. The van der Waals surface area contributed by atoms with Crippen LogP contribution in [0.15, 0.2) is 30.4 Å². The fourth-order valence-corrected chi connectivity index (χ4v) is 6.35. The molecule has 8 heteroatoms. The molecule has 2 bridgehead atoms. The number of hydrogen-bond acceptors (Lipinski definition) is 6. The maximum absolute atomic E-state index is 12.5. The van der Waals surface area contributed by atoms with Gasteiger partial charge in [0.2, 0.25) is 5.91 Å². The van der Waals surface area contributed by atoms with Crippen LogP contribution in [-0.4, -0.2) is 58.1 Å². The lowest BCUT2D eigenvalue weighted by molar-refractivity contribution is -0.127. The molecule has 6 atom stereocenters. The molecule has 1 amide bonds. The number of benzene rings is 1. The van der Waals surface area contributed by atoms with E-state index in [2.05, 4.69) is 40.8 Å². The molecule has 0 radical (unpaired) electrons. The normalized spacial score (nSPS) is 34.5. The van der Waals surface area contributed by atoms with Gasteiger partial charge in [-0.1, -0.05) is 36.6 Å². The van der Waals surface area contributed by atoms with Gasteiger partial charge in [0.15, 0.2) is 6.23 Å². The maximum Gasteiger partial charge on any atom is 0.247 e. The Kier molecular flexibility index (Phi) is 4.93. The molecule has 4 aliphatic rings. The molecule has 0 spiro atoms. The molecule has 0 aromatic heterocycles. The Bertz CT molecular complexity index is 964. The largest absolute Gasteiger partial charge is 0.369 e. The minimum Gasteiger partial charge on any atom is -0.369 e. The molecule has 158 valence electrons. The summed E-state index contributed by atoms with van der Waals surface area (Å²) in [4.78, 5) is 17.6. The average Bonchev–Trinajstić information content (AvgIpc) is 3.41. The van der Waals surface area contributed by atoms with Crippen molar-refractivity contribution in [2.45, 2.75) is 43.6 Å². The van der Waals surface area contributed by atoms with Gasteiger partial charge in [-0.2, -0.15) is 0 Å². The number of aliphatic hydroxyl groups excluding tert-OH is 1. The van der Waals surface area contributed by atoms with E-state index in [0.717, 1.165) is 16.8 Å². The molecule has 2 aliphatic carbocycles. The van der Waals surface area contributed by atoms with Crippen molar-refractivity contribution in [2.24, 2.45) is 11.8 Å². The van der Waals surface area contributed by atoms with E-state index >= 15 is 0 Å². The van der Waals surface area contributed by atoms with Gasteiger partial charge in [-0.05, 0) is 49.9 Å². The molecule has 6 nitrogen and oxygen atoms in total. The Morgan fingerprint density at radius 2 is 2.03 bits per heavy atom. The first-order valence-corrected chi connectivity index (χ1v) is 11.3. The number of carbonyl (C=O) groups excluding carboxylic acids is 1. The SMILES string of the molecule is CN[C@H]1C2C=CC(C2)C1N(C)c1ccc2c(c1)C(O)N(C1CCC(=S)NC1=O)C2=S. The molecule has 2 aliphatic heterocycles. The fourth-order valence-electron chi connectivity index (χ4n) is 5.72. The summed E-state index contributed by atoms with van der Waals surface area (Å²) in [5.41, 5.74) is 2.65. The van der Waals surface area contributed by atoms with Gasteiger partial charge in [0.05, 0.1) is 11.0 Å². The zero-order chi connectivity index (χ0) is 21.2. The molecule has 1 aromatic carbocycles. The van der Waals surface area contributed by atoms with Gasteiger partial charge >= 0.3 is 0 Å². The molecule has 5 rings (SSSR count). The van der Waals surface area contributed by atoms with Crippen LogP contribution in [0.4, 0.5) is 5.69 Å². The van der Waals surface area contributed by atoms with Gasteiger partial charge < -0.3 is 25.5 Å². The van der Waals surface area contributed by atoms with E-state index in [1.165, 1.54) is 6.42 Å². The number of fused-ring (bicyclic) bond motifs is 3. The third kappa shape index (κ3) is 2.92. The molecular formula is C22H26N4O2S2. The van der Waals surface area contributed by atoms with E-state index < -0.39 is 12.3 Å². The summed E-state index contributed by atoms with van der Waals surface area (Å²) in [6.45, 7) is 0. The number of aliphatic hydroxyl groups is 1. The van der Waals surface area contributed by atoms with E-state index in [4.69, 9.17) is 24.4 Å². The minimum absolute atomic E-state index is 0.191. The lowest BCUT2D eigenvalue weighted by atomic mass is 9.94. The van der Waals surface area contributed by atoms with Crippen molar-refractivity contribution in [3.05, 3.63) is 41.5 Å². The number of piperidine rings is 1. The van der Waals surface area contributed by atoms with Gasteiger partial charge in [-0.3, -0.25) is 4.79 Å². The summed E-state index contributed by atoms with van der Waals surface area (Å²) < 4.78 is 0. The number of thiocarbonyl (C=S) groups is 2. The van der Waals surface area contributed by atoms with Crippen molar-refractivity contribution >= 4 is 46.0 Å². The highest BCUT2D eigenvalue weighted by Crippen LogP contribution is 2.44. The number of carbonyl (C=O) groups is 1. The summed E-state index contributed by atoms with van der Waals surface area (Å²) in [5, 5.41) is 17.3. The van der Waals surface area contributed by atoms with Crippen LogP contribution in [0.3, 0.4) is 0 Å². The third-order valence-electron chi connectivity index (χ3n) is 7.19. The number of amides is 1. The summed E-state index contributed by atoms with van der Waals surface area (Å²) in [5.74, 6) is 0.915. The van der Waals surface area contributed by atoms with Crippen LogP contribution < -0.4 is 15.5 Å². The van der Waals surface area contributed by atoms with Crippen LogP contribution in [-0.2, 0) is 4.79 Å². The van der Waals surface area contributed by atoms with E-state index in [9.17, 15) is 9.90 Å². The average molecular weight is 443 g/mol. The monoisotopic (exact) mass is 442 g/mol.